The summed E-state index contributed by atoms with van der Waals surface area (Å²) in [6, 6.07) is 12.1. The van der Waals surface area contributed by atoms with Gasteiger partial charge in [0.05, 0.1) is 16.8 Å². The highest BCUT2D eigenvalue weighted by Crippen LogP contribution is 2.45. The minimum atomic E-state index is -0.431. The Morgan fingerprint density at radius 1 is 1.20 bits per heavy atom. The summed E-state index contributed by atoms with van der Waals surface area (Å²) in [5, 5.41) is 3.79. The Labute approximate surface area is 122 Å². The van der Waals surface area contributed by atoms with Crippen LogP contribution in [0, 0.1) is 5.82 Å². The van der Waals surface area contributed by atoms with Crippen molar-refractivity contribution in [1.82, 2.24) is 0 Å². The normalized spacial score (nSPS) is 19.3. The summed E-state index contributed by atoms with van der Waals surface area (Å²) in [4.78, 5) is 0. The lowest BCUT2D eigenvalue weighted by molar-refractivity contribution is 0.118. The van der Waals surface area contributed by atoms with E-state index in [-0.39, 0.29) is 11.9 Å². The molecule has 0 aliphatic carbocycles. The number of anilines is 1. The quantitative estimate of drug-likeness (QED) is 0.858. The Bertz CT molecular complexity index is 657. The molecule has 0 fully saturated rings. The molecule has 2 aromatic carbocycles. The van der Waals surface area contributed by atoms with Crippen molar-refractivity contribution in [3.05, 3.63) is 58.9 Å². The third-order valence-electron chi connectivity index (χ3n) is 3.53. The Morgan fingerprint density at radius 2 is 1.95 bits per heavy atom. The molecule has 0 aromatic heterocycles. The number of para-hydroxylation sites is 1. The minimum Gasteiger partial charge on any atom is -0.485 e. The van der Waals surface area contributed by atoms with Crippen LogP contribution in [0.15, 0.2) is 42.5 Å². The van der Waals surface area contributed by atoms with Crippen LogP contribution in [0.1, 0.15) is 25.5 Å². The molecular weight excluding hydrogens is 277 g/mol. The largest absolute Gasteiger partial charge is 0.485 e. The van der Waals surface area contributed by atoms with Crippen LogP contribution in [0.3, 0.4) is 0 Å². The summed E-state index contributed by atoms with van der Waals surface area (Å²) < 4.78 is 19.3. The van der Waals surface area contributed by atoms with Crippen molar-refractivity contribution in [3.63, 3.8) is 0 Å². The topological polar surface area (TPSA) is 21.3 Å². The second-order valence-electron chi connectivity index (χ2n) is 5.44. The van der Waals surface area contributed by atoms with Crippen molar-refractivity contribution in [3.8, 4) is 5.75 Å². The monoisotopic (exact) mass is 291 g/mol. The molecule has 0 spiro atoms. The lowest BCUT2D eigenvalue weighted by Crippen LogP contribution is -2.34. The van der Waals surface area contributed by atoms with E-state index >= 15 is 0 Å². The van der Waals surface area contributed by atoms with Gasteiger partial charge in [0.25, 0.3) is 0 Å². The van der Waals surface area contributed by atoms with E-state index in [0.29, 0.717) is 10.7 Å². The van der Waals surface area contributed by atoms with Crippen LogP contribution in [0.2, 0.25) is 5.02 Å². The zero-order chi connectivity index (χ0) is 14.3. The predicted octanol–water partition coefficient (Wildman–Crippen LogP) is 4.80. The fourth-order valence-corrected chi connectivity index (χ4v) is 2.72. The summed E-state index contributed by atoms with van der Waals surface area (Å²) in [5.74, 6) is 0.532. The van der Waals surface area contributed by atoms with E-state index in [9.17, 15) is 4.39 Å². The van der Waals surface area contributed by atoms with E-state index < -0.39 is 5.60 Å². The van der Waals surface area contributed by atoms with E-state index in [0.717, 1.165) is 11.3 Å². The first-order valence-corrected chi connectivity index (χ1v) is 6.85. The molecular formula is C16H15ClFNO. The molecule has 2 aromatic rings. The van der Waals surface area contributed by atoms with Crippen molar-refractivity contribution in [2.75, 3.05) is 5.32 Å². The van der Waals surface area contributed by atoms with Gasteiger partial charge >= 0.3 is 0 Å². The summed E-state index contributed by atoms with van der Waals surface area (Å²) in [7, 11) is 0. The van der Waals surface area contributed by atoms with Crippen molar-refractivity contribution in [1.29, 1.82) is 0 Å². The Morgan fingerprint density at radius 3 is 2.75 bits per heavy atom. The smallest absolute Gasteiger partial charge is 0.128 e. The number of halogens is 2. The highest BCUT2D eigenvalue weighted by Gasteiger charge is 2.41. The summed E-state index contributed by atoms with van der Waals surface area (Å²) >= 11 is 6.12. The summed E-state index contributed by atoms with van der Waals surface area (Å²) in [6.45, 7) is 4.00. The molecule has 1 atom stereocenters. The molecule has 20 heavy (non-hydrogen) atoms. The van der Waals surface area contributed by atoms with Crippen LogP contribution in [-0.4, -0.2) is 5.60 Å². The van der Waals surface area contributed by atoms with Crippen molar-refractivity contribution < 1.29 is 9.13 Å². The molecule has 104 valence electrons. The first-order valence-electron chi connectivity index (χ1n) is 6.47. The van der Waals surface area contributed by atoms with Crippen LogP contribution in [0.25, 0.3) is 0 Å². The van der Waals surface area contributed by atoms with Crippen LogP contribution in [0.4, 0.5) is 10.1 Å². The predicted molar refractivity (Wildman–Crippen MR) is 78.9 cm³/mol. The maximum absolute atomic E-state index is 13.4. The third kappa shape index (κ3) is 2.22. The van der Waals surface area contributed by atoms with Gasteiger partial charge in [-0.05, 0) is 38.1 Å². The maximum atomic E-state index is 13.4. The molecule has 1 N–H and O–H groups in total. The SMILES string of the molecule is CC1(C)Oc2ccccc2C1Nc1cc(F)ccc1Cl. The zero-order valence-corrected chi connectivity index (χ0v) is 12.0. The lowest BCUT2D eigenvalue weighted by Gasteiger charge is -2.28. The van der Waals surface area contributed by atoms with Gasteiger partial charge in [-0.2, -0.15) is 0 Å². The van der Waals surface area contributed by atoms with Gasteiger partial charge in [0.1, 0.15) is 17.2 Å². The van der Waals surface area contributed by atoms with Gasteiger partial charge in [-0.15, -0.1) is 0 Å². The summed E-state index contributed by atoms with van der Waals surface area (Å²) in [5.41, 5.74) is 1.20. The van der Waals surface area contributed by atoms with Gasteiger partial charge in [0.15, 0.2) is 0 Å². The van der Waals surface area contributed by atoms with Crippen LogP contribution < -0.4 is 10.1 Å². The summed E-state index contributed by atoms with van der Waals surface area (Å²) in [6.07, 6.45) is 0. The molecule has 3 rings (SSSR count). The molecule has 1 aliphatic heterocycles. The maximum Gasteiger partial charge on any atom is 0.128 e. The van der Waals surface area contributed by atoms with Crippen LogP contribution in [0.5, 0.6) is 5.75 Å². The molecule has 0 bridgehead atoms. The Hall–Kier alpha value is -1.74. The number of nitrogens with one attached hydrogen (secondary N) is 1. The van der Waals surface area contributed by atoms with Gasteiger partial charge < -0.3 is 10.1 Å². The fraction of sp³-hybridized carbons (Fsp3) is 0.250. The fourth-order valence-electron chi connectivity index (χ4n) is 2.54. The van der Waals surface area contributed by atoms with Gasteiger partial charge in [0, 0.05) is 5.56 Å². The van der Waals surface area contributed by atoms with E-state index in [1.807, 2.05) is 38.1 Å². The van der Waals surface area contributed by atoms with Crippen LogP contribution in [-0.2, 0) is 0 Å². The number of fused-ring (bicyclic) bond motifs is 1. The molecule has 0 amide bonds. The number of rotatable bonds is 2. The average molecular weight is 292 g/mol. The number of hydrogen-bond acceptors (Lipinski definition) is 2. The van der Waals surface area contributed by atoms with Gasteiger partial charge in [0.2, 0.25) is 0 Å². The minimum absolute atomic E-state index is 0.0852. The molecule has 1 aliphatic rings. The zero-order valence-electron chi connectivity index (χ0n) is 11.3. The molecule has 2 nitrogen and oxygen atoms in total. The average Bonchev–Trinajstić information content (AvgIpc) is 2.65. The first kappa shape index (κ1) is 13.3. The molecule has 0 saturated heterocycles. The van der Waals surface area contributed by atoms with E-state index in [1.54, 1.807) is 6.07 Å². The van der Waals surface area contributed by atoms with Crippen molar-refractivity contribution in [2.24, 2.45) is 0 Å². The second kappa shape index (κ2) is 4.67. The Balaban J connectivity index is 1.99. The van der Waals surface area contributed by atoms with Crippen molar-refractivity contribution in [2.45, 2.75) is 25.5 Å². The number of hydrogen-bond donors (Lipinski definition) is 1. The number of benzene rings is 2. The van der Waals surface area contributed by atoms with Gasteiger partial charge in [-0.1, -0.05) is 29.8 Å². The van der Waals surface area contributed by atoms with E-state index in [1.165, 1.54) is 12.1 Å². The standard InChI is InChI=1S/C16H15ClFNO/c1-16(2)15(11-5-3-4-6-14(11)20-16)19-13-9-10(18)7-8-12(13)17/h3-9,15,19H,1-2H3. The first-order chi connectivity index (χ1) is 9.47. The molecule has 0 saturated carbocycles. The van der Waals surface area contributed by atoms with E-state index in [4.69, 9.17) is 16.3 Å². The second-order valence-corrected chi connectivity index (χ2v) is 5.85. The third-order valence-corrected chi connectivity index (χ3v) is 3.86. The van der Waals surface area contributed by atoms with Gasteiger partial charge in [-0.3, -0.25) is 0 Å². The Kier molecular flexibility index (Phi) is 3.09. The highest BCUT2D eigenvalue weighted by atomic mass is 35.5. The number of ether oxygens (including phenoxy) is 1. The van der Waals surface area contributed by atoms with Crippen molar-refractivity contribution >= 4 is 17.3 Å². The van der Waals surface area contributed by atoms with E-state index in [2.05, 4.69) is 5.32 Å². The molecule has 4 heteroatoms. The lowest BCUT2D eigenvalue weighted by atomic mass is 9.94. The molecule has 0 radical (unpaired) electrons. The molecule has 1 unspecified atom stereocenters. The van der Waals surface area contributed by atoms with Crippen LogP contribution >= 0.6 is 11.6 Å². The van der Waals surface area contributed by atoms with Gasteiger partial charge in [-0.25, -0.2) is 4.39 Å². The highest BCUT2D eigenvalue weighted by molar-refractivity contribution is 6.33. The molecule has 1 heterocycles.